The fourth-order valence-corrected chi connectivity index (χ4v) is 3.17. The number of nitrogens with zero attached hydrogens (tertiary/aromatic N) is 5. The van der Waals surface area contributed by atoms with Crippen LogP contribution in [0.2, 0.25) is 0 Å². The lowest BCUT2D eigenvalue weighted by Crippen LogP contribution is -2.47. The third kappa shape index (κ3) is 4.89. The molecule has 0 saturated carbocycles. The van der Waals surface area contributed by atoms with Crippen LogP contribution in [0.1, 0.15) is 10.5 Å². The zero-order chi connectivity index (χ0) is 19.9. The molecule has 0 aliphatic carbocycles. The fourth-order valence-electron chi connectivity index (χ4n) is 3.17. The van der Waals surface area contributed by atoms with E-state index in [2.05, 4.69) is 31.4 Å². The molecular formula is C20H28N6O2. The first-order valence-electron chi connectivity index (χ1n) is 9.48. The number of para-hydroxylation sites is 2. The van der Waals surface area contributed by atoms with Gasteiger partial charge in [-0.1, -0.05) is 12.1 Å². The number of nitrogens with one attached hydrogen (secondary N) is 1. The van der Waals surface area contributed by atoms with Gasteiger partial charge < -0.3 is 24.8 Å². The van der Waals surface area contributed by atoms with Crippen molar-refractivity contribution in [2.45, 2.75) is 0 Å². The lowest BCUT2D eigenvalue weighted by Gasteiger charge is -2.37. The number of hydrogen-bond acceptors (Lipinski definition) is 7. The third-order valence-corrected chi connectivity index (χ3v) is 4.76. The molecule has 0 bridgehead atoms. The highest BCUT2D eigenvalue weighted by Crippen LogP contribution is 2.28. The second-order valence-electron chi connectivity index (χ2n) is 6.98. The Balaban J connectivity index is 1.55. The molecule has 2 heterocycles. The highest BCUT2D eigenvalue weighted by atomic mass is 16.5. The van der Waals surface area contributed by atoms with Crippen LogP contribution in [-0.2, 0) is 0 Å². The van der Waals surface area contributed by atoms with Crippen molar-refractivity contribution in [2.75, 3.05) is 70.3 Å². The molecule has 0 unspecified atom stereocenters. The summed E-state index contributed by atoms with van der Waals surface area (Å²) in [5.41, 5.74) is 1.45. The fraction of sp³-hybridized carbons (Fsp3) is 0.450. The number of piperazine rings is 1. The van der Waals surface area contributed by atoms with Crippen molar-refractivity contribution in [3.05, 3.63) is 42.1 Å². The Kier molecular flexibility index (Phi) is 6.65. The van der Waals surface area contributed by atoms with Gasteiger partial charge in [0.05, 0.1) is 12.8 Å². The van der Waals surface area contributed by atoms with Crippen molar-refractivity contribution in [2.24, 2.45) is 0 Å². The maximum absolute atomic E-state index is 12.1. The van der Waals surface area contributed by atoms with Crippen LogP contribution in [0, 0.1) is 0 Å². The second kappa shape index (κ2) is 9.36. The summed E-state index contributed by atoms with van der Waals surface area (Å²) in [7, 11) is 5.63. The van der Waals surface area contributed by atoms with Crippen molar-refractivity contribution in [3.8, 4) is 5.75 Å². The molecule has 8 heteroatoms. The summed E-state index contributed by atoms with van der Waals surface area (Å²) >= 11 is 0. The van der Waals surface area contributed by atoms with Crippen LogP contribution in [0.25, 0.3) is 0 Å². The van der Waals surface area contributed by atoms with Gasteiger partial charge in [0, 0.05) is 39.3 Å². The van der Waals surface area contributed by atoms with Crippen molar-refractivity contribution in [1.29, 1.82) is 0 Å². The van der Waals surface area contributed by atoms with Gasteiger partial charge in [0.25, 0.3) is 5.91 Å². The van der Waals surface area contributed by atoms with Gasteiger partial charge in [-0.15, -0.1) is 10.2 Å². The summed E-state index contributed by atoms with van der Waals surface area (Å²) in [5, 5.41) is 11.2. The number of rotatable bonds is 7. The van der Waals surface area contributed by atoms with Crippen LogP contribution in [0.5, 0.6) is 5.75 Å². The number of benzene rings is 1. The third-order valence-electron chi connectivity index (χ3n) is 4.76. The Labute approximate surface area is 166 Å². The van der Waals surface area contributed by atoms with Crippen LogP contribution in [0.3, 0.4) is 0 Å². The van der Waals surface area contributed by atoms with Crippen molar-refractivity contribution >= 4 is 17.4 Å². The smallest absolute Gasteiger partial charge is 0.271 e. The highest BCUT2D eigenvalue weighted by molar-refractivity contribution is 5.92. The van der Waals surface area contributed by atoms with Crippen molar-refractivity contribution in [1.82, 2.24) is 20.4 Å². The predicted octanol–water partition coefficient (Wildman–Crippen LogP) is 1.10. The molecule has 28 heavy (non-hydrogen) atoms. The average molecular weight is 384 g/mol. The van der Waals surface area contributed by atoms with E-state index >= 15 is 0 Å². The molecule has 1 saturated heterocycles. The summed E-state index contributed by atoms with van der Waals surface area (Å²) in [6.07, 6.45) is 0. The van der Waals surface area contributed by atoms with E-state index in [0.29, 0.717) is 12.2 Å². The molecular weight excluding hydrogens is 356 g/mol. The van der Waals surface area contributed by atoms with E-state index in [9.17, 15) is 4.79 Å². The molecule has 1 aromatic carbocycles. The van der Waals surface area contributed by atoms with E-state index in [1.54, 1.807) is 13.2 Å². The minimum Gasteiger partial charge on any atom is -0.495 e. The van der Waals surface area contributed by atoms with Gasteiger partial charge in [0.15, 0.2) is 11.5 Å². The summed E-state index contributed by atoms with van der Waals surface area (Å²) in [6.45, 7) is 4.78. The zero-order valence-corrected chi connectivity index (χ0v) is 16.8. The van der Waals surface area contributed by atoms with Crippen molar-refractivity contribution < 1.29 is 9.53 Å². The first-order chi connectivity index (χ1) is 13.6. The normalized spacial score (nSPS) is 14.3. The number of amides is 1. The maximum Gasteiger partial charge on any atom is 0.271 e. The van der Waals surface area contributed by atoms with Crippen LogP contribution < -0.4 is 19.9 Å². The number of anilines is 2. The molecule has 3 rings (SSSR count). The second-order valence-corrected chi connectivity index (χ2v) is 6.98. The molecule has 1 fully saturated rings. The maximum atomic E-state index is 12.1. The molecule has 2 aromatic rings. The first-order valence-corrected chi connectivity index (χ1v) is 9.48. The van der Waals surface area contributed by atoms with Crippen LogP contribution in [-0.4, -0.2) is 81.5 Å². The first kappa shape index (κ1) is 19.9. The lowest BCUT2D eigenvalue weighted by molar-refractivity contribution is 0.0945. The van der Waals surface area contributed by atoms with Gasteiger partial charge in [0.1, 0.15) is 5.75 Å². The van der Waals surface area contributed by atoms with Gasteiger partial charge in [-0.2, -0.15) is 0 Å². The number of methoxy groups -OCH3 is 1. The SMILES string of the molecule is COc1ccccc1N1CCN(c2ccc(C(=O)NCCN(C)C)nn2)CC1. The Morgan fingerprint density at radius 1 is 1.07 bits per heavy atom. The molecule has 1 aliphatic rings. The van der Waals surface area contributed by atoms with E-state index in [1.165, 1.54) is 0 Å². The molecule has 8 nitrogen and oxygen atoms in total. The molecule has 150 valence electrons. The largest absolute Gasteiger partial charge is 0.495 e. The zero-order valence-electron chi connectivity index (χ0n) is 16.8. The predicted molar refractivity (Wildman–Crippen MR) is 110 cm³/mol. The molecule has 1 amide bonds. The van der Waals surface area contributed by atoms with Gasteiger partial charge >= 0.3 is 0 Å². The average Bonchev–Trinajstić information content (AvgIpc) is 2.73. The quantitative estimate of drug-likeness (QED) is 0.766. The summed E-state index contributed by atoms with van der Waals surface area (Å²) in [5.74, 6) is 1.49. The van der Waals surface area contributed by atoms with Crippen LogP contribution >= 0.6 is 0 Å². The minimum absolute atomic E-state index is 0.193. The number of likely N-dealkylation sites (N-methyl/N-ethyl adjacent to an activating group) is 1. The Morgan fingerprint density at radius 2 is 1.79 bits per heavy atom. The van der Waals surface area contributed by atoms with Crippen molar-refractivity contribution in [3.63, 3.8) is 0 Å². The molecule has 0 spiro atoms. The molecule has 0 atom stereocenters. The molecule has 0 radical (unpaired) electrons. The number of carbonyl (C=O) groups excluding carboxylic acids is 1. The lowest BCUT2D eigenvalue weighted by atomic mass is 10.2. The van der Waals surface area contributed by atoms with Crippen LogP contribution in [0.4, 0.5) is 11.5 Å². The van der Waals surface area contributed by atoms with E-state index in [-0.39, 0.29) is 5.91 Å². The number of carbonyl (C=O) groups is 1. The van der Waals surface area contributed by atoms with Gasteiger partial charge in [-0.25, -0.2) is 0 Å². The molecule has 1 aliphatic heterocycles. The summed E-state index contributed by atoms with van der Waals surface area (Å²) in [4.78, 5) is 18.6. The summed E-state index contributed by atoms with van der Waals surface area (Å²) in [6, 6.07) is 11.7. The standard InChI is InChI=1S/C20H28N6O2/c1-24(2)11-10-21-20(27)16-8-9-19(23-22-16)26-14-12-25(13-15-26)17-6-4-5-7-18(17)28-3/h4-9H,10-15H2,1-3H3,(H,21,27). The number of aromatic nitrogens is 2. The van der Waals surface area contributed by atoms with Gasteiger partial charge in [-0.05, 0) is 38.4 Å². The van der Waals surface area contributed by atoms with E-state index in [4.69, 9.17) is 4.74 Å². The Morgan fingerprint density at radius 3 is 2.43 bits per heavy atom. The topological polar surface area (TPSA) is 73.8 Å². The van der Waals surface area contributed by atoms with Gasteiger partial charge in [0.2, 0.25) is 0 Å². The highest BCUT2D eigenvalue weighted by Gasteiger charge is 2.21. The number of ether oxygens (including phenoxy) is 1. The number of hydrogen-bond donors (Lipinski definition) is 1. The van der Waals surface area contributed by atoms with E-state index < -0.39 is 0 Å². The minimum atomic E-state index is -0.193. The summed E-state index contributed by atoms with van der Waals surface area (Å²) < 4.78 is 5.47. The Hall–Kier alpha value is -2.87. The molecule has 1 aromatic heterocycles. The van der Waals surface area contributed by atoms with E-state index in [0.717, 1.165) is 50.0 Å². The van der Waals surface area contributed by atoms with Crippen LogP contribution in [0.15, 0.2) is 36.4 Å². The molecule has 1 N–H and O–H groups in total. The van der Waals surface area contributed by atoms with Gasteiger partial charge in [-0.3, -0.25) is 4.79 Å². The van der Waals surface area contributed by atoms with E-state index in [1.807, 2.05) is 43.3 Å². The monoisotopic (exact) mass is 384 g/mol. The Bertz CT molecular complexity index is 773.